The molecule has 0 heterocycles. The molecule has 0 aromatic heterocycles. The van der Waals surface area contributed by atoms with Gasteiger partial charge >= 0.3 is 5.97 Å². The molecule has 15 heavy (non-hydrogen) atoms. The minimum absolute atomic E-state index is 0.0179. The maximum atomic E-state index is 11.4. The van der Waals surface area contributed by atoms with Gasteiger partial charge in [0.25, 0.3) is 0 Å². The maximum Gasteiger partial charge on any atom is 0.308 e. The first-order chi connectivity index (χ1) is 7.19. The van der Waals surface area contributed by atoms with Crippen molar-refractivity contribution in [2.45, 2.75) is 32.6 Å². The standard InChI is InChI=1S/C11H17BrO3/c1-2-15-11(14)9-5-3-8(4-6-9)10(13)7-12/h8-9H,2-7H2,1H3/t8-,9-. The SMILES string of the molecule is CCOC(=O)[C@H]1CC[C@H](C(=O)CBr)CC1. The molecule has 3 nitrogen and oxygen atoms in total. The summed E-state index contributed by atoms with van der Waals surface area (Å²) in [6.07, 6.45) is 3.24. The first-order valence-corrected chi connectivity index (χ1v) is 6.56. The Labute approximate surface area is 98.7 Å². The van der Waals surface area contributed by atoms with Crippen molar-refractivity contribution in [1.82, 2.24) is 0 Å². The van der Waals surface area contributed by atoms with Gasteiger partial charge in [-0.15, -0.1) is 0 Å². The summed E-state index contributed by atoms with van der Waals surface area (Å²) in [5.41, 5.74) is 0. The summed E-state index contributed by atoms with van der Waals surface area (Å²) in [5.74, 6) is 0.332. The number of esters is 1. The van der Waals surface area contributed by atoms with E-state index in [1.165, 1.54) is 0 Å². The van der Waals surface area contributed by atoms with E-state index in [0.717, 1.165) is 25.7 Å². The van der Waals surface area contributed by atoms with Crippen LogP contribution in [0.15, 0.2) is 0 Å². The van der Waals surface area contributed by atoms with Gasteiger partial charge in [0, 0.05) is 5.92 Å². The highest BCUT2D eigenvalue weighted by Gasteiger charge is 2.29. The van der Waals surface area contributed by atoms with Gasteiger partial charge in [-0.3, -0.25) is 9.59 Å². The van der Waals surface area contributed by atoms with E-state index in [0.29, 0.717) is 11.9 Å². The molecule has 0 unspecified atom stereocenters. The Morgan fingerprint density at radius 2 is 1.73 bits per heavy atom. The molecule has 0 amide bonds. The average Bonchev–Trinajstić information content (AvgIpc) is 2.28. The van der Waals surface area contributed by atoms with Gasteiger partial charge in [0.05, 0.1) is 17.9 Å². The fourth-order valence-corrected chi connectivity index (χ4v) is 2.48. The second kappa shape index (κ2) is 6.26. The Bertz CT molecular complexity index is 232. The first-order valence-electron chi connectivity index (χ1n) is 5.44. The molecule has 0 N–H and O–H groups in total. The predicted octanol–water partition coefficient (Wildman–Crippen LogP) is 2.32. The highest BCUT2D eigenvalue weighted by atomic mass is 79.9. The summed E-state index contributed by atoms with van der Waals surface area (Å²) in [6.45, 7) is 2.26. The largest absolute Gasteiger partial charge is 0.466 e. The van der Waals surface area contributed by atoms with Crippen LogP contribution < -0.4 is 0 Å². The average molecular weight is 277 g/mol. The molecule has 1 aliphatic rings. The molecule has 0 bridgehead atoms. The van der Waals surface area contributed by atoms with Crippen LogP contribution in [0.2, 0.25) is 0 Å². The van der Waals surface area contributed by atoms with Gasteiger partial charge in [0.2, 0.25) is 0 Å². The molecule has 1 rings (SSSR count). The van der Waals surface area contributed by atoms with Gasteiger partial charge in [-0.2, -0.15) is 0 Å². The summed E-state index contributed by atoms with van der Waals surface area (Å²) < 4.78 is 4.97. The molecule has 0 aromatic carbocycles. The maximum absolute atomic E-state index is 11.4. The number of rotatable bonds is 4. The Morgan fingerprint density at radius 1 is 1.20 bits per heavy atom. The minimum Gasteiger partial charge on any atom is -0.466 e. The summed E-state index contributed by atoms with van der Waals surface area (Å²) >= 11 is 3.18. The molecule has 0 aromatic rings. The monoisotopic (exact) mass is 276 g/mol. The summed E-state index contributed by atoms with van der Waals surface area (Å²) in [5, 5.41) is 0.432. The first kappa shape index (κ1) is 12.7. The minimum atomic E-state index is -0.0951. The quantitative estimate of drug-likeness (QED) is 0.585. The van der Waals surface area contributed by atoms with Gasteiger partial charge in [-0.25, -0.2) is 0 Å². The number of carbonyl (C=O) groups is 2. The third-order valence-corrected chi connectivity index (χ3v) is 3.49. The molecule has 86 valence electrons. The van der Waals surface area contributed by atoms with Crippen LogP contribution in [0.1, 0.15) is 32.6 Å². The number of ketones is 1. The van der Waals surface area contributed by atoms with E-state index in [2.05, 4.69) is 15.9 Å². The topological polar surface area (TPSA) is 43.4 Å². The zero-order chi connectivity index (χ0) is 11.3. The van der Waals surface area contributed by atoms with Crippen molar-refractivity contribution in [3.05, 3.63) is 0 Å². The third kappa shape index (κ3) is 3.59. The number of ether oxygens (including phenoxy) is 1. The van der Waals surface area contributed by atoms with Gasteiger partial charge in [0.15, 0.2) is 0 Å². The van der Waals surface area contributed by atoms with Crippen LogP contribution in [-0.2, 0) is 14.3 Å². The van der Waals surface area contributed by atoms with E-state index >= 15 is 0 Å². The van der Waals surface area contributed by atoms with Gasteiger partial charge in [0.1, 0.15) is 5.78 Å². The smallest absolute Gasteiger partial charge is 0.308 e. The number of Topliss-reactive ketones (excluding diaryl/α,β-unsaturated/α-hetero) is 1. The fraction of sp³-hybridized carbons (Fsp3) is 0.818. The lowest BCUT2D eigenvalue weighted by Gasteiger charge is -2.25. The normalized spacial score (nSPS) is 26.0. The molecule has 0 radical (unpaired) electrons. The molecule has 1 saturated carbocycles. The number of alkyl halides is 1. The van der Waals surface area contributed by atoms with Crippen molar-refractivity contribution >= 4 is 27.7 Å². The number of hydrogen-bond donors (Lipinski definition) is 0. The Morgan fingerprint density at radius 3 is 2.20 bits per heavy atom. The number of halogens is 1. The highest BCUT2D eigenvalue weighted by molar-refractivity contribution is 9.09. The lowest BCUT2D eigenvalue weighted by atomic mass is 9.80. The molecule has 0 saturated heterocycles. The third-order valence-electron chi connectivity index (χ3n) is 2.93. The molecule has 0 aliphatic heterocycles. The zero-order valence-corrected chi connectivity index (χ0v) is 10.6. The number of hydrogen-bond acceptors (Lipinski definition) is 3. The van der Waals surface area contributed by atoms with Crippen LogP contribution >= 0.6 is 15.9 Å². The highest BCUT2D eigenvalue weighted by Crippen LogP contribution is 2.30. The Kier molecular flexibility index (Phi) is 5.29. The molecular formula is C11H17BrO3. The van der Waals surface area contributed by atoms with E-state index in [1.54, 1.807) is 0 Å². The van der Waals surface area contributed by atoms with Crippen LogP contribution in [0, 0.1) is 11.8 Å². The lowest BCUT2D eigenvalue weighted by molar-refractivity contribution is -0.150. The summed E-state index contributed by atoms with van der Waals surface area (Å²) in [7, 11) is 0. The van der Waals surface area contributed by atoms with Crippen LogP contribution in [0.4, 0.5) is 0 Å². The zero-order valence-electron chi connectivity index (χ0n) is 9.00. The van der Waals surface area contributed by atoms with Crippen molar-refractivity contribution in [3.8, 4) is 0 Å². The van der Waals surface area contributed by atoms with Crippen molar-refractivity contribution in [1.29, 1.82) is 0 Å². The van der Waals surface area contributed by atoms with Crippen LogP contribution in [0.3, 0.4) is 0 Å². The summed E-state index contributed by atoms with van der Waals surface area (Å²) in [4.78, 5) is 22.8. The second-order valence-electron chi connectivity index (χ2n) is 3.90. The van der Waals surface area contributed by atoms with Crippen LogP contribution in [0.25, 0.3) is 0 Å². The van der Waals surface area contributed by atoms with Gasteiger partial charge < -0.3 is 4.74 Å². The molecule has 1 fully saturated rings. The van der Waals surface area contributed by atoms with Crippen molar-refractivity contribution in [2.24, 2.45) is 11.8 Å². The van der Waals surface area contributed by atoms with Crippen molar-refractivity contribution < 1.29 is 14.3 Å². The van der Waals surface area contributed by atoms with E-state index in [4.69, 9.17) is 4.74 Å². The Hall–Kier alpha value is -0.380. The van der Waals surface area contributed by atoms with E-state index in [9.17, 15) is 9.59 Å². The van der Waals surface area contributed by atoms with E-state index < -0.39 is 0 Å². The second-order valence-corrected chi connectivity index (χ2v) is 4.46. The predicted molar refractivity (Wildman–Crippen MR) is 60.9 cm³/mol. The van der Waals surface area contributed by atoms with Gasteiger partial charge in [-0.05, 0) is 32.6 Å². The molecule has 4 heteroatoms. The van der Waals surface area contributed by atoms with Gasteiger partial charge in [-0.1, -0.05) is 15.9 Å². The lowest BCUT2D eigenvalue weighted by Crippen LogP contribution is -2.27. The molecule has 0 spiro atoms. The molecular weight excluding hydrogens is 260 g/mol. The van der Waals surface area contributed by atoms with Crippen molar-refractivity contribution in [2.75, 3.05) is 11.9 Å². The van der Waals surface area contributed by atoms with Crippen LogP contribution in [-0.4, -0.2) is 23.7 Å². The summed E-state index contributed by atoms with van der Waals surface area (Å²) in [6, 6.07) is 0. The van der Waals surface area contributed by atoms with E-state index in [-0.39, 0.29) is 23.6 Å². The molecule has 1 aliphatic carbocycles. The van der Waals surface area contributed by atoms with Crippen LogP contribution in [0.5, 0.6) is 0 Å². The number of carbonyl (C=O) groups excluding carboxylic acids is 2. The molecule has 0 atom stereocenters. The Balaban J connectivity index is 2.35. The fourth-order valence-electron chi connectivity index (χ4n) is 2.02. The van der Waals surface area contributed by atoms with Crippen molar-refractivity contribution in [3.63, 3.8) is 0 Å². The van der Waals surface area contributed by atoms with E-state index in [1.807, 2.05) is 6.92 Å².